The lowest BCUT2D eigenvalue weighted by molar-refractivity contribution is 0.402. The Balaban J connectivity index is 2.47. The van der Waals surface area contributed by atoms with Crippen LogP contribution in [-0.4, -0.2) is 10.1 Å². The van der Waals surface area contributed by atoms with Gasteiger partial charge in [-0.25, -0.2) is 0 Å². The van der Waals surface area contributed by atoms with Crippen LogP contribution >= 0.6 is 34.2 Å². The largest absolute Gasteiger partial charge is 0.334 e. The molecule has 17 heavy (non-hydrogen) atoms. The maximum Gasteiger partial charge on any atom is 0.259 e. The summed E-state index contributed by atoms with van der Waals surface area (Å²) in [6, 6.07) is 5.70. The molecule has 1 aromatic heterocycles. The molecule has 0 amide bonds. The van der Waals surface area contributed by atoms with Gasteiger partial charge in [0, 0.05) is 8.99 Å². The van der Waals surface area contributed by atoms with Crippen molar-refractivity contribution >= 4 is 34.2 Å². The van der Waals surface area contributed by atoms with Gasteiger partial charge >= 0.3 is 0 Å². The first-order chi connectivity index (χ1) is 7.88. The van der Waals surface area contributed by atoms with Crippen molar-refractivity contribution < 1.29 is 4.52 Å². The summed E-state index contributed by atoms with van der Waals surface area (Å²) in [7, 11) is 0. The predicted octanol–water partition coefficient (Wildman–Crippen LogP) is 4.29. The Kier molecular flexibility index (Phi) is 3.45. The lowest BCUT2D eigenvalue weighted by Gasteiger charge is -2.10. The van der Waals surface area contributed by atoms with Crippen molar-refractivity contribution in [2.75, 3.05) is 0 Å². The fourth-order valence-corrected chi connectivity index (χ4v) is 1.99. The first-order valence-electron chi connectivity index (χ1n) is 5.17. The Morgan fingerprint density at radius 3 is 2.59 bits per heavy atom. The van der Waals surface area contributed by atoms with Crippen molar-refractivity contribution in [1.29, 1.82) is 0 Å². The van der Waals surface area contributed by atoms with E-state index < -0.39 is 0 Å². The van der Waals surface area contributed by atoms with Gasteiger partial charge in [-0.1, -0.05) is 37.5 Å². The number of nitrogens with zero attached hydrogens (tertiary/aromatic N) is 2. The quantitative estimate of drug-likeness (QED) is 0.710. The lowest BCUT2D eigenvalue weighted by atomic mass is 9.96. The predicted molar refractivity (Wildman–Crippen MR) is 76.2 cm³/mol. The van der Waals surface area contributed by atoms with Crippen LogP contribution < -0.4 is 0 Å². The molecule has 3 nitrogen and oxygen atoms in total. The van der Waals surface area contributed by atoms with E-state index in [1.165, 1.54) is 0 Å². The highest BCUT2D eigenvalue weighted by atomic mass is 127. The fraction of sp³-hybridized carbons (Fsp3) is 0.333. The Hall–Kier alpha value is -0.620. The van der Waals surface area contributed by atoms with E-state index in [1.54, 1.807) is 0 Å². The summed E-state index contributed by atoms with van der Waals surface area (Å²) in [5.41, 5.74) is 0.650. The number of benzene rings is 1. The third-order valence-electron chi connectivity index (χ3n) is 2.26. The zero-order valence-corrected chi connectivity index (χ0v) is 12.7. The maximum absolute atomic E-state index is 6.12. The van der Waals surface area contributed by atoms with Crippen LogP contribution in [0.1, 0.15) is 26.6 Å². The van der Waals surface area contributed by atoms with Crippen LogP contribution in [0.3, 0.4) is 0 Å². The number of rotatable bonds is 1. The van der Waals surface area contributed by atoms with Gasteiger partial charge in [-0.15, -0.1) is 0 Å². The van der Waals surface area contributed by atoms with Crippen molar-refractivity contribution in [3.63, 3.8) is 0 Å². The van der Waals surface area contributed by atoms with E-state index in [4.69, 9.17) is 16.1 Å². The summed E-state index contributed by atoms with van der Waals surface area (Å²) in [6.07, 6.45) is 0. The number of hydrogen-bond donors (Lipinski definition) is 0. The minimum Gasteiger partial charge on any atom is -0.334 e. The smallest absolute Gasteiger partial charge is 0.259 e. The third kappa shape index (κ3) is 2.80. The molecule has 90 valence electrons. The summed E-state index contributed by atoms with van der Waals surface area (Å²) >= 11 is 8.35. The van der Waals surface area contributed by atoms with Crippen LogP contribution in [0.2, 0.25) is 5.02 Å². The molecule has 0 unspecified atom stereocenters. The maximum atomic E-state index is 6.12. The minimum atomic E-state index is -0.129. The fourth-order valence-electron chi connectivity index (χ4n) is 1.30. The summed E-state index contributed by atoms with van der Waals surface area (Å²) in [4.78, 5) is 4.39. The Morgan fingerprint density at radius 1 is 1.29 bits per heavy atom. The molecule has 2 rings (SSSR count). The molecule has 0 spiro atoms. The molecule has 0 aliphatic rings. The van der Waals surface area contributed by atoms with Crippen molar-refractivity contribution in [3.05, 3.63) is 32.6 Å². The molecule has 0 N–H and O–H groups in total. The molecule has 0 saturated carbocycles. The van der Waals surface area contributed by atoms with Crippen LogP contribution in [-0.2, 0) is 5.41 Å². The van der Waals surface area contributed by atoms with Gasteiger partial charge in [0.15, 0.2) is 5.82 Å². The number of hydrogen-bond acceptors (Lipinski definition) is 3. The first-order valence-corrected chi connectivity index (χ1v) is 6.63. The van der Waals surface area contributed by atoms with Gasteiger partial charge in [-0.3, -0.25) is 0 Å². The van der Waals surface area contributed by atoms with E-state index in [2.05, 4.69) is 32.7 Å². The van der Waals surface area contributed by atoms with E-state index in [9.17, 15) is 0 Å². The highest BCUT2D eigenvalue weighted by Gasteiger charge is 2.22. The average molecular weight is 363 g/mol. The first kappa shape index (κ1) is 12.8. The Morgan fingerprint density at radius 2 is 2.00 bits per heavy atom. The van der Waals surface area contributed by atoms with Crippen LogP contribution in [0.15, 0.2) is 22.7 Å². The summed E-state index contributed by atoms with van der Waals surface area (Å²) < 4.78 is 6.35. The molecule has 0 atom stereocenters. The van der Waals surface area contributed by atoms with Gasteiger partial charge in [0.1, 0.15) is 0 Å². The third-order valence-corrected chi connectivity index (χ3v) is 3.26. The number of aromatic nitrogens is 2. The molecule has 0 bridgehead atoms. The van der Waals surface area contributed by atoms with Gasteiger partial charge in [0.2, 0.25) is 0 Å². The van der Waals surface area contributed by atoms with Crippen LogP contribution in [0.4, 0.5) is 0 Å². The molecule has 1 heterocycles. The van der Waals surface area contributed by atoms with Crippen molar-refractivity contribution in [2.24, 2.45) is 0 Å². The molecule has 0 fully saturated rings. The molecular formula is C12H12ClIN2O. The lowest BCUT2D eigenvalue weighted by Crippen LogP contribution is -2.13. The van der Waals surface area contributed by atoms with Gasteiger partial charge in [0.05, 0.1) is 10.6 Å². The second-order valence-corrected chi connectivity index (χ2v) is 6.45. The molecule has 0 saturated heterocycles. The van der Waals surface area contributed by atoms with Gasteiger partial charge in [0.25, 0.3) is 5.89 Å². The van der Waals surface area contributed by atoms with Gasteiger partial charge in [-0.2, -0.15) is 4.98 Å². The van der Waals surface area contributed by atoms with E-state index in [1.807, 2.05) is 39.0 Å². The SMILES string of the molecule is CC(C)(C)c1noc(-c2cc(I)ccc2Cl)n1. The molecule has 0 aliphatic heterocycles. The van der Waals surface area contributed by atoms with E-state index >= 15 is 0 Å². The van der Waals surface area contributed by atoms with Gasteiger partial charge < -0.3 is 4.52 Å². The van der Waals surface area contributed by atoms with Crippen LogP contribution in [0.25, 0.3) is 11.5 Å². The highest BCUT2D eigenvalue weighted by Crippen LogP contribution is 2.30. The van der Waals surface area contributed by atoms with E-state index in [0.29, 0.717) is 16.7 Å². The van der Waals surface area contributed by atoms with Gasteiger partial charge in [-0.05, 0) is 40.8 Å². The summed E-state index contributed by atoms with van der Waals surface area (Å²) in [6.45, 7) is 6.12. The van der Waals surface area contributed by atoms with E-state index in [-0.39, 0.29) is 5.41 Å². The Bertz CT molecular complexity index is 546. The molecule has 2 aromatic rings. The summed E-state index contributed by atoms with van der Waals surface area (Å²) in [5, 5.41) is 4.61. The monoisotopic (exact) mass is 362 g/mol. The molecular weight excluding hydrogens is 351 g/mol. The summed E-state index contributed by atoms with van der Waals surface area (Å²) in [5.74, 6) is 1.15. The van der Waals surface area contributed by atoms with Crippen molar-refractivity contribution in [2.45, 2.75) is 26.2 Å². The highest BCUT2D eigenvalue weighted by molar-refractivity contribution is 14.1. The van der Waals surface area contributed by atoms with Crippen molar-refractivity contribution in [1.82, 2.24) is 10.1 Å². The second kappa shape index (κ2) is 4.57. The minimum absolute atomic E-state index is 0.129. The average Bonchev–Trinajstić information content (AvgIpc) is 2.70. The zero-order valence-electron chi connectivity index (χ0n) is 9.79. The standard InChI is InChI=1S/C12H12ClIN2O/c1-12(2,3)11-15-10(17-16-11)8-6-7(14)4-5-9(8)13/h4-6H,1-3H3. The topological polar surface area (TPSA) is 38.9 Å². The Labute approximate surface area is 119 Å². The van der Waals surface area contributed by atoms with Crippen LogP contribution in [0, 0.1) is 3.57 Å². The molecule has 1 aromatic carbocycles. The van der Waals surface area contributed by atoms with Crippen LogP contribution in [0.5, 0.6) is 0 Å². The number of halogens is 2. The normalized spacial score (nSPS) is 11.8. The molecule has 0 radical (unpaired) electrons. The zero-order chi connectivity index (χ0) is 12.6. The van der Waals surface area contributed by atoms with E-state index in [0.717, 1.165) is 9.13 Å². The second-order valence-electron chi connectivity index (χ2n) is 4.80. The van der Waals surface area contributed by atoms with Crippen molar-refractivity contribution in [3.8, 4) is 11.5 Å². The molecule has 5 heteroatoms. The molecule has 0 aliphatic carbocycles.